The number of hydrogen-bond donors (Lipinski definition) is 2. The SMILES string of the molecule is C=CC(=O)Nc1ccc(C(=O)N2CCC(n3nc(-c4ccc(OC)c(OC)c4)c4c(N)ncnc43)CC2)cc1. The minimum absolute atomic E-state index is 0.0243. The molecule has 0 bridgehead atoms. The molecule has 0 aliphatic carbocycles. The number of fused-ring (bicyclic) bond motifs is 1. The van der Waals surface area contributed by atoms with E-state index in [9.17, 15) is 9.59 Å². The molecule has 3 N–H and O–H groups in total. The van der Waals surface area contributed by atoms with Crippen LogP contribution in [0.5, 0.6) is 11.5 Å². The first-order valence-electron chi connectivity index (χ1n) is 12.5. The van der Waals surface area contributed by atoms with E-state index >= 15 is 0 Å². The maximum absolute atomic E-state index is 13.1. The van der Waals surface area contributed by atoms with E-state index in [2.05, 4.69) is 21.9 Å². The van der Waals surface area contributed by atoms with E-state index in [-0.39, 0.29) is 17.9 Å². The van der Waals surface area contributed by atoms with E-state index in [0.29, 0.717) is 71.2 Å². The normalized spacial score (nSPS) is 13.7. The molecule has 0 atom stereocenters. The first-order chi connectivity index (χ1) is 18.9. The van der Waals surface area contributed by atoms with Gasteiger partial charge in [0, 0.05) is 29.9 Å². The van der Waals surface area contributed by atoms with Gasteiger partial charge >= 0.3 is 0 Å². The zero-order chi connectivity index (χ0) is 27.5. The predicted molar refractivity (Wildman–Crippen MR) is 148 cm³/mol. The van der Waals surface area contributed by atoms with Gasteiger partial charge < -0.3 is 25.4 Å². The van der Waals surface area contributed by atoms with Gasteiger partial charge in [0.2, 0.25) is 5.91 Å². The highest BCUT2D eigenvalue weighted by atomic mass is 16.5. The average Bonchev–Trinajstić information content (AvgIpc) is 3.38. The molecule has 39 heavy (non-hydrogen) atoms. The summed E-state index contributed by atoms with van der Waals surface area (Å²) < 4.78 is 12.8. The molecule has 0 saturated carbocycles. The Hall–Kier alpha value is -4.93. The number of carbonyl (C=O) groups excluding carboxylic acids is 2. The van der Waals surface area contributed by atoms with Crippen LogP contribution in [0.15, 0.2) is 61.4 Å². The third-order valence-electron chi connectivity index (χ3n) is 6.86. The Morgan fingerprint density at radius 1 is 1.05 bits per heavy atom. The molecule has 200 valence electrons. The second kappa shape index (κ2) is 10.8. The standard InChI is InChI=1S/C28H29N7O4/c1-4-23(36)32-19-8-5-17(6-9-19)28(37)34-13-11-20(12-14-34)35-27-24(26(29)30-16-31-27)25(33-35)18-7-10-21(38-2)22(15-18)39-3/h4-10,15-16,20H,1,11-14H2,2-3H3,(H,32,36)(H2,29,30,31). The van der Waals surface area contributed by atoms with E-state index in [1.807, 2.05) is 27.8 Å². The summed E-state index contributed by atoms with van der Waals surface area (Å²) in [5, 5.41) is 8.29. The van der Waals surface area contributed by atoms with Crippen LogP contribution in [0, 0.1) is 0 Å². The van der Waals surface area contributed by atoms with E-state index in [1.165, 1.54) is 12.4 Å². The number of methoxy groups -OCH3 is 2. The largest absolute Gasteiger partial charge is 0.493 e. The minimum atomic E-state index is -0.302. The molecule has 0 spiro atoms. The average molecular weight is 528 g/mol. The summed E-state index contributed by atoms with van der Waals surface area (Å²) in [6.45, 7) is 4.56. The van der Waals surface area contributed by atoms with Crippen molar-refractivity contribution in [2.24, 2.45) is 0 Å². The first kappa shape index (κ1) is 25.7. The molecule has 2 aromatic heterocycles. The van der Waals surface area contributed by atoms with Crippen LogP contribution >= 0.6 is 0 Å². The van der Waals surface area contributed by atoms with Crippen molar-refractivity contribution in [3.8, 4) is 22.8 Å². The molecule has 1 fully saturated rings. The van der Waals surface area contributed by atoms with Crippen molar-refractivity contribution < 1.29 is 19.1 Å². The number of nitrogens with zero attached hydrogens (tertiary/aromatic N) is 5. The second-order valence-electron chi connectivity index (χ2n) is 9.11. The van der Waals surface area contributed by atoms with Gasteiger partial charge in [0.25, 0.3) is 5.91 Å². The van der Waals surface area contributed by atoms with Gasteiger partial charge in [-0.1, -0.05) is 6.58 Å². The van der Waals surface area contributed by atoms with Gasteiger partial charge in [-0.2, -0.15) is 5.10 Å². The van der Waals surface area contributed by atoms with Gasteiger partial charge in [-0.25, -0.2) is 14.6 Å². The smallest absolute Gasteiger partial charge is 0.253 e. The Labute approximate surface area is 225 Å². The maximum Gasteiger partial charge on any atom is 0.253 e. The fraction of sp³-hybridized carbons (Fsp3) is 0.250. The Balaban J connectivity index is 1.36. The molecular weight excluding hydrogens is 498 g/mol. The van der Waals surface area contributed by atoms with E-state index in [1.54, 1.807) is 38.5 Å². The number of nitrogens with one attached hydrogen (secondary N) is 1. The van der Waals surface area contributed by atoms with Gasteiger partial charge in [-0.15, -0.1) is 0 Å². The number of likely N-dealkylation sites (tertiary alicyclic amines) is 1. The molecule has 3 heterocycles. The number of aromatic nitrogens is 4. The van der Waals surface area contributed by atoms with E-state index < -0.39 is 0 Å². The molecule has 0 radical (unpaired) electrons. The molecule has 2 amide bonds. The second-order valence-corrected chi connectivity index (χ2v) is 9.11. The quantitative estimate of drug-likeness (QED) is 0.347. The van der Waals surface area contributed by atoms with Crippen LogP contribution in [0.3, 0.4) is 0 Å². The monoisotopic (exact) mass is 527 g/mol. The number of anilines is 2. The lowest BCUT2D eigenvalue weighted by Crippen LogP contribution is -2.39. The maximum atomic E-state index is 13.1. The van der Waals surface area contributed by atoms with Crippen molar-refractivity contribution in [3.05, 3.63) is 67.0 Å². The molecule has 1 aliphatic heterocycles. The molecular formula is C28H29N7O4. The highest BCUT2D eigenvalue weighted by molar-refractivity contribution is 6.00. The highest BCUT2D eigenvalue weighted by Gasteiger charge is 2.28. The number of ether oxygens (including phenoxy) is 2. The Bertz CT molecular complexity index is 1540. The van der Waals surface area contributed by atoms with Crippen molar-refractivity contribution in [1.82, 2.24) is 24.6 Å². The van der Waals surface area contributed by atoms with Crippen molar-refractivity contribution >= 4 is 34.4 Å². The van der Waals surface area contributed by atoms with Crippen LogP contribution in [0.2, 0.25) is 0 Å². The van der Waals surface area contributed by atoms with Gasteiger partial charge in [0.15, 0.2) is 17.1 Å². The van der Waals surface area contributed by atoms with Crippen LogP contribution in [-0.2, 0) is 4.79 Å². The summed E-state index contributed by atoms with van der Waals surface area (Å²) in [5.74, 6) is 1.18. The van der Waals surface area contributed by atoms with Crippen molar-refractivity contribution in [1.29, 1.82) is 0 Å². The van der Waals surface area contributed by atoms with Crippen LogP contribution in [0.25, 0.3) is 22.3 Å². The zero-order valence-electron chi connectivity index (χ0n) is 21.8. The fourth-order valence-corrected chi connectivity index (χ4v) is 4.82. The number of amides is 2. The third-order valence-corrected chi connectivity index (χ3v) is 6.86. The number of hydrogen-bond acceptors (Lipinski definition) is 8. The van der Waals surface area contributed by atoms with Crippen LogP contribution in [-0.4, -0.2) is 63.8 Å². The summed E-state index contributed by atoms with van der Waals surface area (Å²) in [5.41, 5.74) is 9.57. The van der Waals surface area contributed by atoms with Gasteiger partial charge in [0.1, 0.15) is 17.8 Å². The van der Waals surface area contributed by atoms with Crippen molar-refractivity contribution in [3.63, 3.8) is 0 Å². The van der Waals surface area contributed by atoms with E-state index in [0.717, 1.165) is 5.56 Å². The van der Waals surface area contributed by atoms with Crippen molar-refractivity contribution in [2.75, 3.05) is 38.4 Å². The molecule has 11 heteroatoms. The topological polar surface area (TPSA) is 137 Å². The fourth-order valence-electron chi connectivity index (χ4n) is 4.82. The highest BCUT2D eigenvalue weighted by Crippen LogP contribution is 2.37. The Morgan fingerprint density at radius 3 is 2.44 bits per heavy atom. The molecule has 1 saturated heterocycles. The molecule has 4 aromatic rings. The summed E-state index contributed by atoms with van der Waals surface area (Å²) in [7, 11) is 3.17. The lowest BCUT2D eigenvalue weighted by molar-refractivity contribution is -0.111. The lowest BCUT2D eigenvalue weighted by Gasteiger charge is -2.32. The Morgan fingerprint density at radius 2 is 1.77 bits per heavy atom. The van der Waals surface area contributed by atoms with Crippen LogP contribution in [0.4, 0.5) is 11.5 Å². The molecule has 2 aromatic carbocycles. The predicted octanol–water partition coefficient (Wildman–Crippen LogP) is 3.69. The molecule has 11 nitrogen and oxygen atoms in total. The zero-order valence-corrected chi connectivity index (χ0v) is 21.8. The number of rotatable bonds is 7. The minimum Gasteiger partial charge on any atom is -0.493 e. The molecule has 5 rings (SSSR count). The van der Waals surface area contributed by atoms with Gasteiger partial charge in [-0.05, 0) is 61.4 Å². The summed E-state index contributed by atoms with van der Waals surface area (Å²) in [6, 6.07) is 12.4. The summed E-state index contributed by atoms with van der Waals surface area (Å²) in [6.07, 6.45) is 4.04. The lowest BCUT2D eigenvalue weighted by atomic mass is 10.0. The summed E-state index contributed by atoms with van der Waals surface area (Å²) in [4.78, 5) is 35.2. The number of nitrogen functional groups attached to an aromatic ring is 1. The van der Waals surface area contributed by atoms with E-state index in [4.69, 9.17) is 20.3 Å². The van der Waals surface area contributed by atoms with Crippen LogP contribution in [0.1, 0.15) is 29.2 Å². The summed E-state index contributed by atoms with van der Waals surface area (Å²) >= 11 is 0. The Kier molecular flexibility index (Phi) is 7.13. The van der Waals surface area contributed by atoms with Gasteiger partial charge in [0.05, 0.1) is 25.6 Å². The van der Waals surface area contributed by atoms with Gasteiger partial charge in [-0.3, -0.25) is 9.59 Å². The third kappa shape index (κ3) is 4.98. The first-order valence-corrected chi connectivity index (χ1v) is 12.5. The molecule has 1 aliphatic rings. The number of benzene rings is 2. The number of carbonyl (C=O) groups is 2. The van der Waals surface area contributed by atoms with Crippen molar-refractivity contribution in [2.45, 2.75) is 18.9 Å². The number of piperidine rings is 1. The van der Waals surface area contributed by atoms with Crippen LogP contribution < -0.4 is 20.5 Å². The molecule has 0 unspecified atom stereocenters. The number of nitrogens with two attached hydrogens (primary N) is 1.